The second-order valence-electron chi connectivity index (χ2n) is 4.03. The largest absolute Gasteiger partial charge is 0.465 e. The number of carbonyl (C=O) groups excluding carboxylic acids is 2. The van der Waals surface area contributed by atoms with Gasteiger partial charge in [0.2, 0.25) is 0 Å². The summed E-state index contributed by atoms with van der Waals surface area (Å²) in [5.74, 6) is -0.882. The zero-order chi connectivity index (χ0) is 14.0. The van der Waals surface area contributed by atoms with E-state index in [2.05, 4.69) is 10.1 Å². The van der Waals surface area contributed by atoms with Gasteiger partial charge in [-0.1, -0.05) is 29.8 Å². The van der Waals surface area contributed by atoms with E-state index in [0.29, 0.717) is 16.3 Å². The number of esters is 1. The fourth-order valence-electron chi connectivity index (χ4n) is 1.87. The predicted molar refractivity (Wildman–Crippen MR) is 72.3 cm³/mol. The molecule has 0 unspecified atom stereocenters. The van der Waals surface area contributed by atoms with Crippen LogP contribution in [0.4, 0.5) is 0 Å². The van der Waals surface area contributed by atoms with Gasteiger partial charge in [-0.3, -0.25) is 4.79 Å². The molecule has 0 aromatic heterocycles. The van der Waals surface area contributed by atoms with Gasteiger partial charge in [-0.15, -0.1) is 0 Å². The van der Waals surface area contributed by atoms with Gasteiger partial charge in [0.05, 0.1) is 18.3 Å². The van der Waals surface area contributed by atoms with Gasteiger partial charge in [0, 0.05) is 10.7 Å². The zero-order valence-corrected chi connectivity index (χ0v) is 11.2. The minimum atomic E-state index is -0.547. The summed E-state index contributed by atoms with van der Waals surface area (Å²) in [6.07, 6.45) is 1.58. The fourth-order valence-corrected chi connectivity index (χ4v) is 2.06. The second-order valence-corrected chi connectivity index (χ2v) is 4.43. The van der Waals surface area contributed by atoms with Crippen LogP contribution in [0.5, 0.6) is 0 Å². The van der Waals surface area contributed by atoms with Gasteiger partial charge in [-0.05, 0) is 24.6 Å². The highest BCUT2D eigenvalue weighted by atomic mass is 35.5. The van der Waals surface area contributed by atoms with E-state index in [0.717, 1.165) is 0 Å². The molecule has 5 heteroatoms. The topological polar surface area (TPSA) is 55.4 Å². The van der Waals surface area contributed by atoms with Crippen LogP contribution in [-0.2, 0) is 14.3 Å². The minimum absolute atomic E-state index is 0.243. The summed E-state index contributed by atoms with van der Waals surface area (Å²) in [5, 5.41) is 3.11. The summed E-state index contributed by atoms with van der Waals surface area (Å²) >= 11 is 6.04. The van der Waals surface area contributed by atoms with Gasteiger partial charge in [-0.25, -0.2) is 4.79 Å². The molecule has 0 spiro atoms. The first-order chi connectivity index (χ1) is 9.04. The molecule has 1 N–H and O–H groups in total. The number of halogens is 1. The van der Waals surface area contributed by atoms with Crippen molar-refractivity contribution in [2.24, 2.45) is 0 Å². The normalized spacial score (nSPS) is 16.8. The first-order valence-corrected chi connectivity index (χ1v) is 5.99. The molecule has 0 bridgehead atoms. The Morgan fingerprint density at radius 1 is 1.37 bits per heavy atom. The second kappa shape index (κ2) is 5.28. The molecule has 1 aromatic rings. The molecular weight excluding hydrogens is 266 g/mol. The molecule has 0 radical (unpaired) electrons. The summed E-state index contributed by atoms with van der Waals surface area (Å²) in [7, 11) is 1.28. The molecule has 19 heavy (non-hydrogen) atoms. The zero-order valence-electron chi connectivity index (χ0n) is 10.5. The summed E-state index contributed by atoms with van der Waals surface area (Å²) in [5.41, 5.74) is 1.66. The third-order valence-corrected chi connectivity index (χ3v) is 3.13. The Bertz CT molecular complexity index is 617. The van der Waals surface area contributed by atoms with Crippen molar-refractivity contribution in [3.63, 3.8) is 0 Å². The average Bonchev–Trinajstić information content (AvgIpc) is 2.66. The molecule has 0 atom stereocenters. The minimum Gasteiger partial charge on any atom is -0.465 e. The molecule has 1 amide bonds. The molecular formula is C14H12ClNO3. The van der Waals surface area contributed by atoms with Crippen molar-refractivity contribution in [1.29, 1.82) is 0 Å². The van der Waals surface area contributed by atoms with Crippen molar-refractivity contribution < 1.29 is 14.3 Å². The van der Waals surface area contributed by atoms with E-state index >= 15 is 0 Å². The average molecular weight is 278 g/mol. The lowest BCUT2D eigenvalue weighted by molar-refractivity contribution is -0.136. The van der Waals surface area contributed by atoms with Crippen LogP contribution in [0, 0.1) is 0 Å². The van der Waals surface area contributed by atoms with Crippen molar-refractivity contribution in [2.45, 2.75) is 6.92 Å². The summed E-state index contributed by atoms with van der Waals surface area (Å²) in [4.78, 5) is 23.6. The van der Waals surface area contributed by atoms with Crippen molar-refractivity contribution in [3.05, 3.63) is 51.7 Å². The standard InChI is InChI=1S/C14H12ClNO3/c1-8-12(14(18)19-2)10(13(17)16-8)7-9-5-3-4-6-11(9)15/h3-7H,1-2H3,(H,16,17). The van der Waals surface area contributed by atoms with E-state index in [1.54, 1.807) is 37.3 Å². The van der Waals surface area contributed by atoms with Crippen LogP contribution in [-0.4, -0.2) is 19.0 Å². The molecule has 1 aromatic carbocycles. The summed E-state index contributed by atoms with van der Waals surface area (Å²) in [6, 6.07) is 7.08. The SMILES string of the molecule is COC(=O)C1=C(C)NC(=O)C1=Cc1ccccc1Cl. The molecule has 1 aliphatic rings. The van der Waals surface area contributed by atoms with Crippen LogP contribution in [0.2, 0.25) is 5.02 Å². The molecule has 0 fully saturated rings. The van der Waals surface area contributed by atoms with E-state index in [1.807, 2.05) is 0 Å². The number of hydrogen-bond acceptors (Lipinski definition) is 3. The number of hydrogen-bond donors (Lipinski definition) is 1. The van der Waals surface area contributed by atoms with Crippen LogP contribution >= 0.6 is 11.6 Å². The summed E-state index contributed by atoms with van der Waals surface area (Å²) < 4.78 is 4.69. The van der Waals surface area contributed by atoms with Crippen molar-refractivity contribution >= 4 is 29.6 Å². The fraction of sp³-hybridized carbons (Fsp3) is 0.143. The Morgan fingerprint density at radius 3 is 2.68 bits per heavy atom. The van der Waals surface area contributed by atoms with Crippen molar-refractivity contribution in [1.82, 2.24) is 5.32 Å². The molecule has 1 heterocycles. The van der Waals surface area contributed by atoms with E-state index in [9.17, 15) is 9.59 Å². The van der Waals surface area contributed by atoms with E-state index in [4.69, 9.17) is 11.6 Å². The highest BCUT2D eigenvalue weighted by Crippen LogP contribution is 2.26. The van der Waals surface area contributed by atoms with E-state index in [1.165, 1.54) is 7.11 Å². The van der Waals surface area contributed by atoms with Gasteiger partial charge >= 0.3 is 5.97 Å². The van der Waals surface area contributed by atoms with Gasteiger partial charge in [0.25, 0.3) is 5.91 Å². The number of ether oxygens (including phenoxy) is 1. The van der Waals surface area contributed by atoms with Crippen molar-refractivity contribution in [2.75, 3.05) is 7.11 Å². The molecule has 2 rings (SSSR count). The molecule has 0 saturated heterocycles. The number of rotatable bonds is 2. The number of methoxy groups -OCH3 is 1. The van der Waals surface area contributed by atoms with Gasteiger partial charge in [0.15, 0.2) is 0 Å². The maximum absolute atomic E-state index is 11.9. The Hall–Kier alpha value is -2.07. The molecule has 4 nitrogen and oxygen atoms in total. The molecule has 0 saturated carbocycles. The maximum Gasteiger partial charge on any atom is 0.340 e. The molecule has 98 valence electrons. The van der Waals surface area contributed by atoms with Crippen LogP contribution in [0.1, 0.15) is 12.5 Å². The first-order valence-electron chi connectivity index (χ1n) is 5.61. The Kier molecular flexibility index (Phi) is 3.71. The smallest absolute Gasteiger partial charge is 0.340 e. The van der Waals surface area contributed by atoms with Crippen LogP contribution in [0.25, 0.3) is 6.08 Å². The lowest BCUT2D eigenvalue weighted by Gasteiger charge is -2.03. The highest BCUT2D eigenvalue weighted by molar-refractivity contribution is 6.32. The Morgan fingerprint density at radius 2 is 2.05 bits per heavy atom. The summed E-state index contributed by atoms with van der Waals surface area (Å²) in [6.45, 7) is 1.65. The predicted octanol–water partition coefficient (Wildman–Crippen LogP) is 2.30. The Balaban J connectivity index is 2.51. The van der Waals surface area contributed by atoms with Crippen LogP contribution in [0.15, 0.2) is 41.1 Å². The highest BCUT2D eigenvalue weighted by Gasteiger charge is 2.30. The van der Waals surface area contributed by atoms with Gasteiger partial charge < -0.3 is 10.1 Å². The third kappa shape index (κ3) is 2.53. The quantitative estimate of drug-likeness (QED) is 0.667. The van der Waals surface area contributed by atoms with Gasteiger partial charge in [0.1, 0.15) is 0 Å². The number of amides is 1. The number of allylic oxidation sites excluding steroid dienone is 1. The third-order valence-electron chi connectivity index (χ3n) is 2.78. The first kappa shape index (κ1) is 13.4. The van der Waals surface area contributed by atoms with Crippen LogP contribution in [0.3, 0.4) is 0 Å². The van der Waals surface area contributed by atoms with E-state index < -0.39 is 5.97 Å². The number of carbonyl (C=O) groups is 2. The number of benzene rings is 1. The number of nitrogens with one attached hydrogen (secondary N) is 1. The van der Waals surface area contributed by atoms with Crippen LogP contribution < -0.4 is 5.32 Å². The maximum atomic E-state index is 11.9. The Labute approximate surface area is 115 Å². The van der Waals surface area contributed by atoms with E-state index in [-0.39, 0.29) is 17.1 Å². The van der Waals surface area contributed by atoms with Crippen molar-refractivity contribution in [3.8, 4) is 0 Å². The monoisotopic (exact) mass is 277 g/mol. The molecule has 1 aliphatic heterocycles. The lowest BCUT2D eigenvalue weighted by atomic mass is 10.0. The lowest BCUT2D eigenvalue weighted by Crippen LogP contribution is -2.15. The molecule has 0 aliphatic carbocycles. The van der Waals surface area contributed by atoms with Gasteiger partial charge in [-0.2, -0.15) is 0 Å².